The predicted molar refractivity (Wildman–Crippen MR) is 80.6 cm³/mol. The van der Waals surface area contributed by atoms with E-state index in [1.165, 1.54) is 4.90 Å². The number of hydrogen-bond acceptors (Lipinski definition) is 4. The summed E-state index contributed by atoms with van der Waals surface area (Å²) in [6.45, 7) is 0.530. The Kier molecular flexibility index (Phi) is 5.71. The van der Waals surface area contributed by atoms with Crippen LogP contribution in [0.2, 0.25) is 0 Å². The molecule has 1 fully saturated rings. The second-order valence-corrected chi connectivity index (χ2v) is 5.01. The lowest BCUT2D eigenvalue weighted by molar-refractivity contribution is -0.137. The van der Waals surface area contributed by atoms with Crippen molar-refractivity contribution in [3.63, 3.8) is 0 Å². The number of hydrogen-bond donors (Lipinski definition) is 2. The average molecular weight is 309 g/mol. The molecule has 0 bridgehead atoms. The predicted octanol–water partition coefficient (Wildman–Crippen LogP) is 0.794. The van der Waals surface area contributed by atoms with E-state index in [9.17, 15) is 14.0 Å². The third-order valence-corrected chi connectivity index (χ3v) is 3.48. The minimum absolute atomic E-state index is 0.0127. The number of anilines is 1. The van der Waals surface area contributed by atoms with Gasteiger partial charge in [0.25, 0.3) is 0 Å². The number of carbonyl (C=O) groups excluding carboxylic acids is 2. The van der Waals surface area contributed by atoms with Crippen molar-refractivity contribution < 1.29 is 18.7 Å². The maximum Gasteiger partial charge on any atom is 0.240 e. The second-order valence-electron chi connectivity index (χ2n) is 5.01. The molecule has 1 heterocycles. The van der Waals surface area contributed by atoms with Gasteiger partial charge in [-0.2, -0.15) is 0 Å². The summed E-state index contributed by atoms with van der Waals surface area (Å²) in [7, 11) is 1.55. The standard InChI is InChI=1S/C15H20FN3O3/c1-22-12-4-2-3-11(9-12)18-14(20)10-13-15(21)19(7-5-16)8-6-17-13/h2-4,9,13,17H,5-8,10H2,1H3,(H,18,20). The number of nitrogens with zero attached hydrogens (tertiary/aromatic N) is 1. The normalized spacial score (nSPS) is 18.2. The number of carbonyl (C=O) groups is 2. The molecular formula is C15H20FN3O3. The van der Waals surface area contributed by atoms with Crippen LogP contribution in [-0.4, -0.2) is 56.2 Å². The molecule has 2 amide bonds. The smallest absolute Gasteiger partial charge is 0.240 e. The molecule has 1 aliphatic rings. The van der Waals surface area contributed by atoms with E-state index in [0.29, 0.717) is 24.5 Å². The van der Waals surface area contributed by atoms with Gasteiger partial charge in [0.05, 0.1) is 19.6 Å². The summed E-state index contributed by atoms with van der Waals surface area (Å²) in [4.78, 5) is 25.6. The summed E-state index contributed by atoms with van der Waals surface area (Å²) in [6.07, 6.45) is 0.0127. The van der Waals surface area contributed by atoms with Crippen molar-refractivity contribution in [3.8, 4) is 5.75 Å². The molecule has 0 radical (unpaired) electrons. The van der Waals surface area contributed by atoms with Gasteiger partial charge in [0.2, 0.25) is 11.8 Å². The Morgan fingerprint density at radius 3 is 3.09 bits per heavy atom. The highest BCUT2D eigenvalue weighted by atomic mass is 19.1. The largest absolute Gasteiger partial charge is 0.497 e. The van der Waals surface area contributed by atoms with Crippen molar-refractivity contribution in [2.75, 3.05) is 38.7 Å². The summed E-state index contributed by atoms with van der Waals surface area (Å²) < 4.78 is 17.5. The monoisotopic (exact) mass is 309 g/mol. The van der Waals surface area contributed by atoms with Gasteiger partial charge in [0, 0.05) is 31.4 Å². The zero-order valence-electron chi connectivity index (χ0n) is 12.5. The van der Waals surface area contributed by atoms with Crippen LogP contribution in [0.1, 0.15) is 6.42 Å². The summed E-state index contributed by atoms with van der Waals surface area (Å²) in [5.41, 5.74) is 0.605. The molecule has 22 heavy (non-hydrogen) atoms. The SMILES string of the molecule is COc1cccc(NC(=O)CC2NCCN(CCF)C2=O)c1. The van der Waals surface area contributed by atoms with Gasteiger partial charge in [0.15, 0.2) is 0 Å². The minimum Gasteiger partial charge on any atom is -0.497 e. The molecule has 1 atom stereocenters. The van der Waals surface area contributed by atoms with E-state index in [4.69, 9.17) is 4.74 Å². The Morgan fingerprint density at radius 2 is 2.36 bits per heavy atom. The molecule has 0 spiro atoms. The van der Waals surface area contributed by atoms with Crippen molar-refractivity contribution in [3.05, 3.63) is 24.3 Å². The molecule has 6 nitrogen and oxygen atoms in total. The maximum atomic E-state index is 12.4. The number of amides is 2. The maximum absolute atomic E-state index is 12.4. The third-order valence-electron chi connectivity index (χ3n) is 3.48. The molecule has 1 aromatic rings. The Hall–Kier alpha value is -2.15. The molecule has 1 aliphatic heterocycles. The van der Waals surface area contributed by atoms with E-state index in [1.54, 1.807) is 31.4 Å². The summed E-state index contributed by atoms with van der Waals surface area (Å²) >= 11 is 0. The molecule has 0 aliphatic carbocycles. The topological polar surface area (TPSA) is 70.7 Å². The molecule has 120 valence electrons. The van der Waals surface area contributed by atoms with Crippen LogP contribution < -0.4 is 15.4 Å². The van der Waals surface area contributed by atoms with Gasteiger partial charge in [-0.1, -0.05) is 6.07 Å². The first-order chi connectivity index (χ1) is 10.6. The van der Waals surface area contributed by atoms with Gasteiger partial charge < -0.3 is 20.3 Å². The van der Waals surface area contributed by atoms with Gasteiger partial charge in [-0.15, -0.1) is 0 Å². The number of halogens is 1. The van der Waals surface area contributed by atoms with Crippen LogP contribution in [0.4, 0.5) is 10.1 Å². The highest BCUT2D eigenvalue weighted by molar-refractivity contribution is 5.95. The summed E-state index contributed by atoms with van der Waals surface area (Å²) in [5, 5.41) is 5.72. The van der Waals surface area contributed by atoms with E-state index < -0.39 is 12.7 Å². The van der Waals surface area contributed by atoms with Gasteiger partial charge >= 0.3 is 0 Å². The van der Waals surface area contributed by atoms with E-state index in [0.717, 1.165) is 0 Å². The van der Waals surface area contributed by atoms with Crippen molar-refractivity contribution in [2.45, 2.75) is 12.5 Å². The Labute approximate surface area is 128 Å². The first-order valence-electron chi connectivity index (χ1n) is 7.16. The average Bonchev–Trinajstić information content (AvgIpc) is 2.51. The van der Waals surface area contributed by atoms with E-state index in [-0.39, 0.29) is 24.8 Å². The summed E-state index contributed by atoms with van der Waals surface area (Å²) in [5.74, 6) is 0.129. The first kappa shape index (κ1) is 16.2. The number of rotatable bonds is 6. The van der Waals surface area contributed by atoms with Crippen LogP contribution in [0.5, 0.6) is 5.75 Å². The fourth-order valence-corrected chi connectivity index (χ4v) is 2.37. The first-order valence-corrected chi connectivity index (χ1v) is 7.16. The fourth-order valence-electron chi connectivity index (χ4n) is 2.37. The zero-order chi connectivity index (χ0) is 15.9. The van der Waals surface area contributed by atoms with Crippen LogP contribution in [0, 0.1) is 0 Å². The van der Waals surface area contributed by atoms with E-state index >= 15 is 0 Å². The van der Waals surface area contributed by atoms with Crippen LogP contribution in [0.3, 0.4) is 0 Å². The number of piperazine rings is 1. The quantitative estimate of drug-likeness (QED) is 0.815. The van der Waals surface area contributed by atoms with Crippen molar-refractivity contribution in [1.29, 1.82) is 0 Å². The Morgan fingerprint density at radius 1 is 1.55 bits per heavy atom. The molecule has 2 N–H and O–H groups in total. The minimum atomic E-state index is -0.606. The van der Waals surface area contributed by atoms with Crippen LogP contribution in [0.25, 0.3) is 0 Å². The number of methoxy groups -OCH3 is 1. The van der Waals surface area contributed by atoms with Gasteiger partial charge in [-0.3, -0.25) is 9.59 Å². The molecule has 1 saturated heterocycles. The zero-order valence-corrected chi connectivity index (χ0v) is 12.5. The Balaban J connectivity index is 1.92. The van der Waals surface area contributed by atoms with Gasteiger partial charge in [0.1, 0.15) is 12.4 Å². The molecule has 0 saturated carbocycles. The Bertz CT molecular complexity index is 537. The van der Waals surface area contributed by atoms with E-state index in [1.807, 2.05) is 0 Å². The van der Waals surface area contributed by atoms with Gasteiger partial charge in [-0.05, 0) is 12.1 Å². The number of nitrogens with one attached hydrogen (secondary N) is 2. The molecule has 1 aromatic carbocycles. The molecule has 2 rings (SSSR count). The summed E-state index contributed by atoms with van der Waals surface area (Å²) in [6, 6.07) is 6.37. The highest BCUT2D eigenvalue weighted by Crippen LogP contribution is 2.17. The lowest BCUT2D eigenvalue weighted by Crippen LogP contribution is -2.56. The lowest BCUT2D eigenvalue weighted by Gasteiger charge is -2.32. The van der Waals surface area contributed by atoms with Crippen molar-refractivity contribution in [2.24, 2.45) is 0 Å². The second kappa shape index (κ2) is 7.74. The highest BCUT2D eigenvalue weighted by Gasteiger charge is 2.29. The van der Waals surface area contributed by atoms with Crippen LogP contribution in [-0.2, 0) is 9.59 Å². The third kappa shape index (κ3) is 4.17. The lowest BCUT2D eigenvalue weighted by atomic mass is 10.1. The number of benzene rings is 1. The number of alkyl halides is 1. The molecule has 7 heteroatoms. The van der Waals surface area contributed by atoms with Gasteiger partial charge in [-0.25, -0.2) is 4.39 Å². The van der Waals surface area contributed by atoms with Crippen LogP contribution >= 0.6 is 0 Å². The van der Waals surface area contributed by atoms with Crippen molar-refractivity contribution >= 4 is 17.5 Å². The van der Waals surface area contributed by atoms with Crippen LogP contribution in [0.15, 0.2) is 24.3 Å². The molecule has 1 unspecified atom stereocenters. The van der Waals surface area contributed by atoms with E-state index in [2.05, 4.69) is 10.6 Å². The number of ether oxygens (including phenoxy) is 1. The molecular weight excluding hydrogens is 289 g/mol. The fraction of sp³-hybridized carbons (Fsp3) is 0.467. The van der Waals surface area contributed by atoms with Crippen molar-refractivity contribution in [1.82, 2.24) is 10.2 Å². The molecule has 0 aromatic heterocycles.